The van der Waals surface area contributed by atoms with E-state index in [-0.39, 0.29) is 24.4 Å². The van der Waals surface area contributed by atoms with Crippen LogP contribution in [-0.2, 0) is 17.6 Å². The number of anilines is 2. The second-order valence-electron chi connectivity index (χ2n) is 7.85. The number of carbonyl (C=O) groups excluding carboxylic acids is 1. The number of thiazole rings is 1. The normalized spacial score (nSPS) is 19.3. The van der Waals surface area contributed by atoms with Gasteiger partial charge in [-0.2, -0.15) is 0 Å². The first-order valence-electron chi connectivity index (χ1n) is 10.2. The van der Waals surface area contributed by atoms with Gasteiger partial charge in [0, 0.05) is 23.2 Å². The first kappa shape index (κ1) is 21.2. The van der Waals surface area contributed by atoms with Crippen LogP contribution in [0.4, 0.5) is 10.8 Å². The monoisotopic (exact) mass is 434 g/mol. The lowest BCUT2D eigenvalue weighted by Gasteiger charge is -2.20. The zero-order valence-corrected chi connectivity index (χ0v) is 17.9. The summed E-state index contributed by atoms with van der Waals surface area (Å²) in [5, 5.41) is 19.4. The molecule has 1 aliphatic heterocycles. The summed E-state index contributed by atoms with van der Waals surface area (Å²) >= 11 is 1.33. The second-order valence-corrected chi connectivity index (χ2v) is 8.74. The number of nitrogens with two attached hydrogens (primary N) is 1. The van der Waals surface area contributed by atoms with Gasteiger partial charge in [-0.25, -0.2) is 4.98 Å². The standard InChI is InChI=1S/C24H26N4O2S/c1-15-11-21(23(30)17-5-3-2-4-6-17)28-20(15)12-16-7-9-18(10-8-16)26-22(29)13-19-14-31-24(25)27-19/h2-10,14,20-21,23,28,30H,1,11-13H2,(H2,25,27)(H,26,29)/t20-,21-,23?/m1/s1. The van der Waals surface area contributed by atoms with Crippen molar-refractivity contribution in [2.75, 3.05) is 11.1 Å². The number of rotatable bonds is 7. The number of hydrogen-bond donors (Lipinski definition) is 4. The van der Waals surface area contributed by atoms with Gasteiger partial charge in [0.1, 0.15) is 0 Å². The zero-order valence-electron chi connectivity index (χ0n) is 17.1. The molecule has 2 aromatic carbocycles. The molecule has 5 N–H and O–H groups in total. The molecule has 0 radical (unpaired) electrons. The Morgan fingerprint density at radius 1 is 1.26 bits per heavy atom. The van der Waals surface area contributed by atoms with Crippen LogP contribution < -0.4 is 16.4 Å². The van der Waals surface area contributed by atoms with Crippen molar-refractivity contribution in [1.29, 1.82) is 0 Å². The molecule has 1 aromatic heterocycles. The molecule has 0 spiro atoms. The molecule has 0 aliphatic carbocycles. The molecule has 6 nitrogen and oxygen atoms in total. The minimum Gasteiger partial charge on any atom is -0.387 e. The van der Waals surface area contributed by atoms with E-state index in [1.165, 1.54) is 11.3 Å². The van der Waals surface area contributed by atoms with Gasteiger partial charge in [-0.05, 0) is 36.1 Å². The molecule has 1 amide bonds. The average molecular weight is 435 g/mol. The number of hydrogen-bond acceptors (Lipinski definition) is 6. The summed E-state index contributed by atoms with van der Waals surface area (Å²) < 4.78 is 0. The van der Waals surface area contributed by atoms with Gasteiger partial charge in [-0.15, -0.1) is 11.3 Å². The van der Waals surface area contributed by atoms with Crippen LogP contribution in [0.2, 0.25) is 0 Å². The van der Waals surface area contributed by atoms with Gasteiger partial charge in [-0.3, -0.25) is 4.79 Å². The lowest BCUT2D eigenvalue weighted by Crippen LogP contribution is -2.35. The Balaban J connectivity index is 1.31. The number of carbonyl (C=O) groups is 1. The fourth-order valence-electron chi connectivity index (χ4n) is 3.88. The van der Waals surface area contributed by atoms with Crippen molar-refractivity contribution in [2.45, 2.75) is 37.5 Å². The molecule has 1 fully saturated rings. The Labute approximate surface area is 185 Å². The fourth-order valence-corrected chi connectivity index (χ4v) is 4.44. The minimum atomic E-state index is -0.561. The van der Waals surface area contributed by atoms with Crippen LogP contribution in [0.1, 0.15) is 29.3 Å². The van der Waals surface area contributed by atoms with Crippen LogP contribution in [0, 0.1) is 0 Å². The molecule has 0 saturated carbocycles. The maximum absolute atomic E-state index is 12.2. The van der Waals surface area contributed by atoms with Crippen LogP contribution in [-0.4, -0.2) is 28.1 Å². The Morgan fingerprint density at radius 2 is 2.00 bits per heavy atom. The van der Waals surface area contributed by atoms with E-state index in [0.29, 0.717) is 10.8 Å². The maximum Gasteiger partial charge on any atom is 0.230 e. The van der Waals surface area contributed by atoms with Crippen molar-refractivity contribution in [3.8, 4) is 0 Å². The van der Waals surface area contributed by atoms with E-state index >= 15 is 0 Å². The molecule has 3 aromatic rings. The van der Waals surface area contributed by atoms with Crippen molar-refractivity contribution in [2.24, 2.45) is 0 Å². The Kier molecular flexibility index (Phi) is 6.46. The number of nitrogen functional groups attached to an aromatic ring is 1. The third kappa shape index (κ3) is 5.38. The van der Waals surface area contributed by atoms with E-state index < -0.39 is 6.10 Å². The van der Waals surface area contributed by atoms with Gasteiger partial charge in [-0.1, -0.05) is 54.6 Å². The largest absolute Gasteiger partial charge is 0.387 e. The fraction of sp³-hybridized carbons (Fsp3) is 0.250. The van der Waals surface area contributed by atoms with E-state index in [1.807, 2.05) is 54.6 Å². The molecule has 31 heavy (non-hydrogen) atoms. The molecule has 160 valence electrons. The Hall–Kier alpha value is -3.00. The van der Waals surface area contributed by atoms with Gasteiger partial charge in [0.2, 0.25) is 5.91 Å². The molecular formula is C24H26N4O2S. The lowest BCUT2D eigenvalue weighted by atomic mass is 9.98. The SMILES string of the molecule is C=C1C[C@H](C(O)c2ccccc2)N[C@@H]1Cc1ccc(NC(=O)Cc2csc(N)n2)cc1. The summed E-state index contributed by atoms with van der Waals surface area (Å²) in [5.74, 6) is -0.123. The van der Waals surface area contributed by atoms with E-state index in [2.05, 4.69) is 22.2 Å². The van der Waals surface area contributed by atoms with E-state index in [0.717, 1.165) is 35.2 Å². The predicted octanol–water partition coefficient (Wildman–Crippen LogP) is 3.47. The number of aliphatic hydroxyl groups is 1. The molecule has 1 saturated heterocycles. The van der Waals surface area contributed by atoms with Crippen molar-refractivity contribution >= 4 is 28.1 Å². The quantitative estimate of drug-likeness (QED) is 0.427. The summed E-state index contributed by atoms with van der Waals surface area (Å²) in [7, 11) is 0. The molecule has 1 aliphatic rings. The number of aromatic nitrogens is 1. The molecule has 4 rings (SSSR count). The smallest absolute Gasteiger partial charge is 0.230 e. The number of aliphatic hydroxyl groups excluding tert-OH is 1. The number of amides is 1. The third-order valence-electron chi connectivity index (χ3n) is 5.50. The van der Waals surface area contributed by atoms with Crippen molar-refractivity contribution in [3.63, 3.8) is 0 Å². The van der Waals surface area contributed by atoms with Gasteiger partial charge in [0.15, 0.2) is 5.13 Å². The summed E-state index contributed by atoms with van der Waals surface area (Å²) in [6.07, 6.45) is 1.17. The third-order valence-corrected chi connectivity index (χ3v) is 6.22. The van der Waals surface area contributed by atoms with Gasteiger partial charge < -0.3 is 21.5 Å². The van der Waals surface area contributed by atoms with Gasteiger partial charge >= 0.3 is 0 Å². The van der Waals surface area contributed by atoms with E-state index in [4.69, 9.17) is 5.73 Å². The zero-order chi connectivity index (χ0) is 21.8. The summed E-state index contributed by atoms with van der Waals surface area (Å²) in [6.45, 7) is 4.21. The second kappa shape index (κ2) is 9.43. The number of benzene rings is 2. The average Bonchev–Trinajstić information content (AvgIpc) is 3.34. The van der Waals surface area contributed by atoms with Crippen LogP contribution in [0.15, 0.2) is 72.1 Å². The summed E-state index contributed by atoms with van der Waals surface area (Å²) in [6, 6.07) is 17.6. The van der Waals surface area contributed by atoms with E-state index in [9.17, 15) is 9.90 Å². The van der Waals surface area contributed by atoms with Crippen molar-refractivity contribution in [1.82, 2.24) is 10.3 Å². The molecule has 1 unspecified atom stereocenters. The first-order chi connectivity index (χ1) is 15.0. The Morgan fingerprint density at radius 3 is 2.68 bits per heavy atom. The molecular weight excluding hydrogens is 408 g/mol. The summed E-state index contributed by atoms with van der Waals surface area (Å²) in [4.78, 5) is 16.3. The topological polar surface area (TPSA) is 100 Å². The highest BCUT2D eigenvalue weighted by Gasteiger charge is 2.32. The number of nitrogens with one attached hydrogen (secondary N) is 2. The summed E-state index contributed by atoms with van der Waals surface area (Å²) in [5.41, 5.74) is 10.2. The number of nitrogens with zero attached hydrogens (tertiary/aromatic N) is 1. The highest BCUT2D eigenvalue weighted by molar-refractivity contribution is 7.13. The predicted molar refractivity (Wildman–Crippen MR) is 125 cm³/mol. The van der Waals surface area contributed by atoms with E-state index in [1.54, 1.807) is 5.38 Å². The first-order valence-corrected chi connectivity index (χ1v) is 11.1. The molecule has 7 heteroatoms. The van der Waals surface area contributed by atoms with Gasteiger partial charge in [0.05, 0.1) is 18.2 Å². The lowest BCUT2D eigenvalue weighted by molar-refractivity contribution is -0.115. The Bertz CT molecular complexity index is 1050. The molecule has 2 heterocycles. The van der Waals surface area contributed by atoms with Crippen LogP contribution in [0.3, 0.4) is 0 Å². The minimum absolute atomic E-state index is 0.0433. The van der Waals surface area contributed by atoms with Gasteiger partial charge in [0.25, 0.3) is 0 Å². The van der Waals surface area contributed by atoms with Crippen LogP contribution >= 0.6 is 11.3 Å². The highest BCUT2D eigenvalue weighted by atomic mass is 32.1. The van der Waals surface area contributed by atoms with Crippen LogP contribution in [0.5, 0.6) is 0 Å². The van der Waals surface area contributed by atoms with Crippen molar-refractivity contribution < 1.29 is 9.90 Å². The van der Waals surface area contributed by atoms with Crippen LogP contribution in [0.25, 0.3) is 0 Å². The molecule has 0 bridgehead atoms. The molecule has 3 atom stereocenters. The van der Waals surface area contributed by atoms with Crippen molar-refractivity contribution in [3.05, 3.63) is 89.0 Å². The maximum atomic E-state index is 12.2. The highest BCUT2D eigenvalue weighted by Crippen LogP contribution is 2.29.